The van der Waals surface area contributed by atoms with E-state index in [2.05, 4.69) is 20.2 Å². The zero-order valence-electron chi connectivity index (χ0n) is 19.1. The van der Waals surface area contributed by atoms with E-state index in [-0.39, 0.29) is 16.7 Å². The average Bonchev–Trinajstić information content (AvgIpc) is 3.51. The molecule has 0 bridgehead atoms. The summed E-state index contributed by atoms with van der Waals surface area (Å²) in [5.41, 5.74) is 2.69. The molecule has 0 saturated heterocycles. The minimum absolute atomic E-state index is 0.0468. The zero-order valence-corrected chi connectivity index (χ0v) is 19.9. The number of amides is 1. The van der Waals surface area contributed by atoms with Gasteiger partial charge in [0.05, 0.1) is 4.90 Å². The molecule has 174 valence electrons. The molecule has 0 aliphatic heterocycles. The Morgan fingerprint density at radius 1 is 1.06 bits per heavy atom. The SMILES string of the molecule is Cc1ccc(S(=O)(=O)Nc2ccc(C(=O)NC(c3nc(C4CC4)no3)C(C)C)cc2)cc1C. The van der Waals surface area contributed by atoms with Crippen molar-refractivity contribution in [2.75, 3.05) is 4.72 Å². The molecule has 3 aromatic rings. The van der Waals surface area contributed by atoms with Crippen molar-refractivity contribution in [1.82, 2.24) is 15.5 Å². The van der Waals surface area contributed by atoms with Crippen molar-refractivity contribution in [1.29, 1.82) is 0 Å². The number of sulfonamides is 1. The second-order valence-electron chi connectivity index (χ2n) is 8.89. The molecule has 2 N–H and O–H groups in total. The van der Waals surface area contributed by atoms with Gasteiger partial charge >= 0.3 is 0 Å². The number of aryl methyl sites for hydroxylation is 2. The molecule has 9 heteroatoms. The van der Waals surface area contributed by atoms with E-state index in [1.807, 2.05) is 27.7 Å². The first kappa shape index (κ1) is 23.0. The minimum atomic E-state index is -3.73. The number of anilines is 1. The Labute approximate surface area is 193 Å². The van der Waals surface area contributed by atoms with Crippen molar-refractivity contribution in [2.24, 2.45) is 5.92 Å². The van der Waals surface area contributed by atoms with Crippen LogP contribution in [0.4, 0.5) is 5.69 Å². The Bertz CT molecular complexity index is 1260. The van der Waals surface area contributed by atoms with Crippen LogP contribution in [-0.4, -0.2) is 24.5 Å². The van der Waals surface area contributed by atoms with Gasteiger partial charge in [0.25, 0.3) is 15.9 Å². The summed E-state index contributed by atoms with van der Waals surface area (Å²) >= 11 is 0. The molecule has 1 unspecified atom stereocenters. The highest BCUT2D eigenvalue weighted by atomic mass is 32.2. The van der Waals surface area contributed by atoms with Crippen LogP contribution in [0.2, 0.25) is 0 Å². The van der Waals surface area contributed by atoms with Crippen LogP contribution in [0.3, 0.4) is 0 Å². The van der Waals surface area contributed by atoms with E-state index in [4.69, 9.17) is 4.52 Å². The standard InChI is InChI=1S/C24H28N4O4S/c1-14(2)21(24-26-22(27-32-24)17-6-7-17)25-23(29)18-8-10-19(11-9-18)28-33(30,31)20-12-5-15(3)16(4)13-20/h5,8-14,17,21,28H,6-7H2,1-4H3,(H,25,29). The van der Waals surface area contributed by atoms with Crippen LogP contribution in [0.5, 0.6) is 0 Å². The lowest BCUT2D eigenvalue weighted by molar-refractivity contribution is 0.0914. The number of hydrogen-bond acceptors (Lipinski definition) is 6. The van der Waals surface area contributed by atoms with Gasteiger partial charge in [0.15, 0.2) is 5.82 Å². The largest absolute Gasteiger partial charge is 0.340 e. The molecule has 1 aliphatic rings. The summed E-state index contributed by atoms with van der Waals surface area (Å²) < 4.78 is 33.4. The Kier molecular flexibility index (Phi) is 6.25. The maximum Gasteiger partial charge on any atom is 0.261 e. The molecule has 1 amide bonds. The summed E-state index contributed by atoms with van der Waals surface area (Å²) in [7, 11) is -3.73. The van der Waals surface area contributed by atoms with Crippen LogP contribution in [0.15, 0.2) is 51.9 Å². The summed E-state index contributed by atoms with van der Waals surface area (Å²) in [4.78, 5) is 17.5. The van der Waals surface area contributed by atoms with Crippen LogP contribution in [-0.2, 0) is 10.0 Å². The van der Waals surface area contributed by atoms with Gasteiger partial charge in [0, 0.05) is 17.2 Å². The molecule has 1 heterocycles. The Balaban J connectivity index is 1.45. The van der Waals surface area contributed by atoms with Gasteiger partial charge in [-0.3, -0.25) is 9.52 Å². The molecule has 0 radical (unpaired) electrons. The van der Waals surface area contributed by atoms with Gasteiger partial charge in [0.2, 0.25) is 5.89 Å². The fourth-order valence-corrected chi connectivity index (χ4v) is 4.55. The lowest BCUT2D eigenvalue weighted by Gasteiger charge is -2.18. The predicted molar refractivity (Wildman–Crippen MR) is 124 cm³/mol. The third-order valence-corrected chi connectivity index (χ3v) is 7.19. The Morgan fingerprint density at radius 3 is 2.36 bits per heavy atom. The van der Waals surface area contributed by atoms with Crippen molar-refractivity contribution in [3.05, 3.63) is 70.9 Å². The van der Waals surface area contributed by atoms with Gasteiger partial charge in [-0.1, -0.05) is 25.1 Å². The zero-order chi connectivity index (χ0) is 23.8. The van der Waals surface area contributed by atoms with E-state index < -0.39 is 16.1 Å². The quantitative estimate of drug-likeness (QED) is 0.503. The molecule has 2 aromatic carbocycles. The summed E-state index contributed by atoms with van der Waals surface area (Å²) in [5.74, 6) is 1.21. The second kappa shape index (κ2) is 8.97. The van der Waals surface area contributed by atoms with E-state index >= 15 is 0 Å². The molecule has 33 heavy (non-hydrogen) atoms. The Morgan fingerprint density at radius 2 is 1.76 bits per heavy atom. The van der Waals surface area contributed by atoms with E-state index in [1.54, 1.807) is 42.5 Å². The molecule has 4 rings (SSSR count). The maximum atomic E-state index is 12.8. The first-order valence-electron chi connectivity index (χ1n) is 11.0. The molecule has 1 aliphatic carbocycles. The summed E-state index contributed by atoms with van der Waals surface area (Å²) in [6.07, 6.45) is 2.13. The molecule has 1 atom stereocenters. The molecular formula is C24H28N4O4S. The highest BCUT2D eigenvalue weighted by molar-refractivity contribution is 7.92. The number of aromatic nitrogens is 2. The summed E-state index contributed by atoms with van der Waals surface area (Å²) in [6.45, 7) is 7.73. The van der Waals surface area contributed by atoms with E-state index in [0.717, 1.165) is 24.0 Å². The van der Waals surface area contributed by atoms with Gasteiger partial charge in [-0.2, -0.15) is 4.98 Å². The maximum absolute atomic E-state index is 12.8. The predicted octanol–water partition coefficient (Wildman–Crippen LogP) is 4.49. The third kappa shape index (κ3) is 5.24. The van der Waals surface area contributed by atoms with Crippen molar-refractivity contribution < 1.29 is 17.7 Å². The van der Waals surface area contributed by atoms with Gasteiger partial charge in [-0.15, -0.1) is 0 Å². The van der Waals surface area contributed by atoms with Crippen molar-refractivity contribution in [3.63, 3.8) is 0 Å². The fraction of sp³-hybridized carbons (Fsp3) is 0.375. The third-order valence-electron chi connectivity index (χ3n) is 5.81. The fourth-order valence-electron chi connectivity index (χ4n) is 3.40. The lowest BCUT2D eigenvalue weighted by atomic mass is 10.0. The van der Waals surface area contributed by atoms with Crippen LogP contribution in [0.25, 0.3) is 0 Å². The normalized spacial score (nSPS) is 14.8. The van der Waals surface area contributed by atoms with Gasteiger partial charge in [-0.05, 0) is 80.1 Å². The van der Waals surface area contributed by atoms with Crippen LogP contribution < -0.4 is 10.0 Å². The van der Waals surface area contributed by atoms with Gasteiger partial charge < -0.3 is 9.84 Å². The monoisotopic (exact) mass is 468 g/mol. The number of nitrogens with zero attached hydrogens (tertiary/aromatic N) is 2. The van der Waals surface area contributed by atoms with Crippen LogP contribution in [0, 0.1) is 19.8 Å². The highest BCUT2D eigenvalue weighted by Crippen LogP contribution is 2.38. The van der Waals surface area contributed by atoms with Crippen molar-refractivity contribution >= 4 is 21.6 Å². The molecule has 1 saturated carbocycles. The number of nitrogens with one attached hydrogen (secondary N) is 2. The summed E-state index contributed by atoms with van der Waals surface area (Å²) in [6, 6.07) is 10.9. The first-order chi connectivity index (χ1) is 15.6. The van der Waals surface area contributed by atoms with Gasteiger partial charge in [0.1, 0.15) is 6.04 Å². The van der Waals surface area contributed by atoms with Gasteiger partial charge in [-0.25, -0.2) is 8.42 Å². The second-order valence-corrected chi connectivity index (χ2v) is 10.6. The van der Waals surface area contributed by atoms with Crippen molar-refractivity contribution in [3.8, 4) is 0 Å². The smallest absolute Gasteiger partial charge is 0.261 e. The summed E-state index contributed by atoms with van der Waals surface area (Å²) in [5, 5.41) is 6.99. The average molecular weight is 469 g/mol. The highest BCUT2D eigenvalue weighted by Gasteiger charge is 2.31. The number of rotatable bonds is 8. The van der Waals surface area contributed by atoms with Crippen molar-refractivity contribution in [2.45, 2.75) is 57.4 Å². The Hall–Kier alpha value is -3.20. The number of carbonyl (C=O) groups is 1. The molecular weight excluding hydrogens is 440 g/mol. The van der Waals surface area contributed by atoms with E-state index in [0.29, 0.717) is 28.9 Å². The molecule has 0 spiro atoms. The topological polar surface area (TPSA) is 114 Å². The molecule has 1 fully saturated rings. The van der Waals surface area contributed by atoms with E-state index in [9.17, 15) is 13.2 Å². The minimum Gasteiger partial charge on any atom is -0.340 e. The molecule has 1 aromatic heterocycles. The lowest BCUT2D eigenvalue weighted by Crippen LogP contribution is -2.32. The van der Waals surface area contributed by atoms with Crippen LogP contribution in [0.1, 0.15) is 71.8 Å². The first-order valence-corrected chi connectivity index (χ1v) is 12.5. The number of carbonyl (C=O) groups excluding carboxylic acids is 1. The number of hydrogen-bond donors (Lipinski definition) is 2. The van der Waals surface area contributed by atoms with E-state index in [1.165, 1.54) is 0 Å². The van der Waals surface area contributed by atoms with Crippen LogP contribution >= 0.6 is 0 Å². The number of benzene rings is 2. The molecule has 8 nitrogen and oxygen atoms in total.